The third kappa shape index (κ3) is 11.8. The van der Waals surface area contributed by atoms with Crippen LogP contribution in [0.4, 0.5) is 0 Å². The highest BCUT2D eigenvalue weighted by atomic mass is 16.1. The van der Waals surface area contributed by atoms with Gasteiger partial charge in [0.05, 0.1) is 0 Å². The van der Waals surface area contributed by atoms with Crippen LogP contribution in [0.5, 0.6) is 0 Å². The Hall–Kier alpha value is -2.18. The van der Waals surface area contributed by atoms with E-state index in [9.17, 15) is 0 Å². The van der Waals surface area contributed by atoms with E-state index in [0.717, 1.165) is 6.08 Å². The third-order valence-electron chi connectivity index (χ3n) is 1.33. The largest absolute Gasteiger partial charge is 0.231 e. The first-order valence-corrected chi connectivity index (χ1v) is 4.45. The highest BCUT2D eigenvalue weighted by Crippen LogP contribution is 1.80. The fraction of sp³-hybridized carbons (Fsp3) is 0. The summed E-state index contributed by atoms with van der Waals surface area (Å²) in [5.41, 5.74) is 0. The molecule has 0 unspecified atom stereocenters. The molecule has 2 heteroatoms. The molecule has 0 radical (unpaired) electrons. The summed E-state index contributed by atoms with van der Waals surface area (Å²) in [6.45, 7) is 0. The topological polar surface area (TPSA) is 40.9 Å². The number of hydrogen-bond donors (Lipinski definition) is 1. The van der Waals surface area contributed by atoms with Gasteiger partial charge in [-0.25, -0.2) is 10.2 Å². The molecule has 2 nitrogen and oxygen atoms in total. The molecule has 2 aromatic rings. The fourth-order valence-electron chi connectivity index (χ4n) is 0.770. The van der Waals surface area contributed by atoms with Crippen molar-refractivity contribution in [2.75, 3.05) is 0 Å². The van der Waals surface area contributed by atoms with Crippen LogP contribution >= 0.6 is 0 Å². The lowest BCUT2D eigenvalue weighted by Crippen LogP contribution is -1.47. The summed E-state index contributed by atoms with van der Waals surface area (Å²) >= 11 is 0. The van der Waals surface area contributed by atoms with E-state index in [1.165, 1.54) is 0 Å². The molecule has 0 bridgehead atoms. The molecule has 1 N–H and O–H groups in total. The minimum atomic E-state index is 0.750. The van der Waals surface area contributed by atoms with Crippen LogP contribution < -0.4 is 0 Å². The average Bonchev–Trinajstić information content (AvgIpc) is 2.35. The van der Waals surface area contributed by atoms with E-state index in [1.807, 2.05) is 72.8 Å². The molecule has 0 aliphatic heterocycles. The molecule has 0 aromatic heterocycles. The molecular weight excluding hydrogens is 186 g/mol. The molecule has 0 saturated carbocycles. The lowest BCUT2D eigenvalue weighted by Gasteiger charge is -1.69. The van der Waals surface area contributed by atoms with Crippen molar-refractivity contribution in [3.63, 3.8) is 0 Å². The molecule has 0 atom stereocenters. The Bertz CT molecular complexity index is 255. The summed E-state index contributed by atoms with van der Waals surface area (Å²) in [4.78, 5) is 8.35. The zero-order valence-electron chi connectivity index (χ0n) is 8.34. The van der Waals surface area contributed by atoms with Gasteiger partial charge in [-0.15, -0.1) is 0 Å². The second-order valence-electron chi connectivity index (χ2n) is 2.41. The average molecular weight is 199 g/mol. The quantitative estimate of drug-likeness (QED) is 0.513. The van der Waals surface area contributed by atoms with Gasteiger partial charge in [0, 0.05) is 0 Å². The molecule has 0 amide bonds. The predicted octanol–water partition coefficient (Wildman–Crippen LogP) is 3.27. The number of carbonyl (C=O) groups excluding carboxylic acids is 1. The Labute approximate surface area is 89.7 Å². The standard InChI is InChI=1S/2C6H6.CHNO/c2*1-2-4-6-5-3-1;2-1-3/h2*1-6H;2H. The summed E-state index contributed by atoms with van der Waals surface area (Å²) in [7, 11) is 0. The summed E-state index contributed by atoms with van der Waals surface area (Å²) in [6.07, 6.45) is 0.750. The van der Waals surface area contributed by atoms with Crippen molar-refractivity contribution in [2.24, 2.45) is 0 Å². The lowest BCUT2D eigenvalue weighted by molar-refractivity contribution is 0.563. The maximum absolute atomic E-state index is 8.35. The van der Waals surface area contributed by atoms with Crippen LogP contribution in [0.3, 0.4) is 0 Å². The Kier molecular flexibility index (Phi) is 10.1. The monoisotopic (exact) mass is 199 g/mol. The van der Waals surface area contributed by atoms with Crippen molar-refractivity contribution in [2.45, 2.75) is 0 Å². The van der Waals surface area contributed by atoms with Gasteiger partial charge >= 0.3 is 0 Å². The Balaban J connectivity index is 0.000000210. The first-order chi connectivity index (χ1) is 7.41. The predicted molar refractivity (Wildman–Crippen MR) is 61.3 cm³/mol. The van der Waals surface area contributed by atoms with Crippen molar-refractivity contribution in [3.8, 4) is 0 Å². The highest BCUT2D eigenvalue weighted by molar-refractivity contribution is 5.26. The van der Waals surface area contributed by atoms with E-state index in [-0.39, 0.29) is 0 Å². The van der Waals surface area contributed by atoms with Crippen molar-refractivity contribution in [1.29, 1.82) is 5.41 Å². The molecule has 0 saturated heterocycles. The van der Waals surface area contributed by atoms with Crippen LogP contribution in [0.25, 0.3) is 0 Å². The molecule has 0 aliphatic carbocycles. The molecule has 2 rings (SSSR count). The second kappa shape index (κ2) is 11.8. The number of rotatable bonds is 0. The van der Waals surface area contributed by atoms with E-state index in [1.54, 1.807) is 0 Å². The second-order valence-corrected chi connectivity index (χ2v) is 2.41. The normalized spacial score (nSPS) is 6.93. The van der Waals surface area contributed by atoms with E-state index in [0.29, 0.717) is 0 Å². The smallest absolute Gasteiger partial charge is 0.222 e. The van der Waals surface area contributed by atoms with Crippen LogP contribution in [0, 0.1) is 5.41 Å². The minimum Gasteiger partial charge on any atom is -0.222 e. The highest BCUT2D eigenvalue weighted by Gasteiger charge is 1.58. The van der Waals surface area contributed by atoms with Crippen LogP contribution in [-0.4, -0.2) is 6.08 Å². The van der Waals surface area contributed by atoms with E-state index >= 15 is 0 Å². The van der Waals surface area contributed by atoms with Crippen LogP contribution in [0.1, 0.15) is 0 Å². The first-order valence-electron chi connectivity index (χ1n) is 4.45. The van der Waals surface area contributed by atoms with Crippen molar-refractivity contribution in [3.05, 3.63) is 72.8 Å². The van der Waals surface area contributed by atoms with Crippen LogP contribution in [-0.2, 0) is 4.79 Å². The van der Waals surface area contributed by atoms with Gasteiger partial charge in [-0.05, 0) is 0 Å². The Morgan fingerprint density at radius 1 is 0.533 bits per heavy atom. The summed E-state index contributed by atoms with van der Waals surface area (Å²) < 4.78 is 0. The molecular formula is C13H13NO. The lowest BCUT2D eigenvalue weighted by atomic mass is 10.4. The van der Waals surface area contributed by atoms with E-state index in [4.69, 9.17) is 10.2 Å². The number of isocyanates is 1. The van der Waals surface area contributed by atoms with Gasteiger partial charge in [-0.2, -0.15) is 0 Å². The fourth-order valence-corrected chi connectivity index (χ4v) is 0.770. The molecule has 15 heavy (non-hydrogen) atoms. The zero-order chi connectivity index (χ0) is 11.2. The maximum Gasteiger partial charge on any atom is 0.231 e. The Morgan fingerprint density at radius 2 is 0.600 bits per heavy atom. The van der Waals surface area contributed by atoms with Gasteiger partial charge in [-0.1, -0.05) is 72.8 Å². The SMILES string of the molecule is N=C=O.c1ccccc1.c1ccccc1. The van der Waals surface area contributed by atoms with Gasteiger partial charge in [0.1, 0.15) is 0 Å². The van der Waals surface area contributed by atoms with Gasteiger partial charge in [-0.3, -0.25) is 0 Å². The van der Waals surface area contributed by atoms with Crippen molar-refractivity contribution in [1.82, 2.24) is 0 Å². The van der Waals surface area contributed by atoms with Gasteiger partial charge < -0.3 is 0 Å². The van der Waals surface area contributed by atoms with E-state index in [2.05, 4.69) is 0 Å². The minimum absolute atomic E-state index is 0.750. The Morgan fingerprint density at radius 3 is 0.667 bits per heavy atom. The molecule has 0 fully saturated rings. The summed E-state index contributed by atoms with van der Waals surface area (Å²) in [6, 6.07) is 24.0. The molecule has 2 aromatic carbocycles. The van der Waals surface area contributed by atoms with Gasteiger partial charge in [0.2, 0.25) is 6.08 Å². The number of nitrogens with one attached hydrogen (secondary N) is 1. The van der Waals surface area contributed by atoms with Crippen molar-refractivity contribution < 1.29 is 4.79 Å². The molecule has 76 valence electrons. The first kappa shape index (κ1) is 12.8. The third-order valence-corrected chi connectivity index (χ3v) is 1.33. The maximum atomic E-state index is 8.35. The summed E-state index contributed by atoms with van der Waals surface area (Å²) in [5, 5.41) is 5.40. The van der Waals surface area contributed by atoms with E-state index < -0.39 is 0 Å². The van der Waals surface area contributed by atoms with Gasteiger partial charge in [0.15, 0.2) is 0 Å². The van der Waals surface area contributed by atoms with Gasteiger partial charge in [0.25, 0.3) is 0 Å². The number of benzene rings is 2. The van der Waals surface area contributed by atoms with Crippen molar-refractivity contribution >= 4 is 6.08 Å². The van der Waals surface area contributed by atoms with Crippen LogP contribution in [0.2, 0.25) is 0 Å². The molecule has 0 heterocycles. The zero-order valence-corrected chi connectivity index (χ0v) is 8.34. The summed E-state index contributed by atoms with van der Waals surface area (Å²) in [5.74, 6) is 0. The van der Waals surface area contributed by atoms with Crippen LogP contribution in [0.15, 0.2) is 72.8 Å². The molecule has 0 aliphatic rings. The number of hydrogen-bond acceptors (Lipinski definition) is 2. The molecule has 0 spiro atoms.